The van der Waals surface area contributed by atoms with E-state index in [9.17, 15) is 22.9 Å². The number of fused-ring (bicyclic) bond motifs is 1. The molecule has 0 aliphatic carbocycles. The average Bonchev–Trinajstić information content (AvgIpc) is 2.53. The van der Waals surface area contributed by atoms with Crippen molar-refractivity contribution in [3.05, 3.63) is 59.0 Å². The van der Waals surface area contributed by atoms with Crippen molar-refractivity contribution in [2.24, 2.45) is 0 Å². The van der Waals surface area contributed by atoms with Crippen LogP contribution in [-0.2, 0) is 9.84 Å². The maximum atomic E-state index is 12.5. The average molecular weight is 317 g/mol. The van der Waals surface area contributed by atoms with Crippen LogP contribution < -0.4 is 5.32 Å². The van der Waals surface area contributed by atoms with Gasteiger partial charge in [-0.3, -0.25) is 0 Å². The highest BCUT2D eigenvalue weighted by Gasteiger charge is 2.39. The summed E-state index contributed by atoms with van der Waals surface area (Å²) in [6.45, 7) is 0. The van der Waals surface area contributed by atoms with Crippen molar-refractivity contribution in [3.8, 4) is 0 Å². The van der Waals surface area contributed by atoms with Crippen molar-refractivity contribution in [2.75, 3.05) is 5.32 Å². The fraction of sp³-hybridized carbons (Fsp3) is 0. The lowest BCUT2D eigenvalue weighted by Crippen LogP contribution is -2.35. The fourth-order valence-electron chi connectivity index (χ4n) is 2.08. The number of anilines is 1. The third kappa shape index (κ3) is 2.09. The first-order valence-corrected chi connectivity index (χ1v) is 7.66. The van der Waals surface area contributed by atoms with Gasteiger partial charge in [0.05, 0.1) is 14.6 Å². The zero-order valence-corrected chi connectivity index (χ0v) is 11.8. The Hall–Kier alpha value is -2.87. The zero-order chi connectivity index (χ0) is 15.9. The molecule has 8 heteroatoms. The number of sulfone groups is 1. The summed E-state index contributed by atoms with van der Waals surface area (Å²) in [4.78, 5) is 34.3. The molecule has 2 aromatic carbocycles. The van der Waals surface area contributed by atoms with Crippen LogP contribution in [0.4, 0.5) is 10.5 Å². The van der Waals surface area contributed by atoms with Crippen molar-refractivity contribution in [3.63, 3.8) is 0 Å². The Kier molecular flexibility index (Phi) is 3.10. The number of nitroso groups, excluding NO2 is 1. The van der Waals surface area contributed by atoms with Gasteiger partial charge in [-0.15, -0.1) is 0 Å². The topological polar surface area (TPSA) is 100 Å². The lowest BCUT2D eigenvalue weighted by Gasteiger charge is -2.10. The molecule has 0 saturated carbocycles. The van der Waals surface area contributed by atoms with Gasteiger partial charge in [-0.2, -0.15) is 10.1 Å². The highest BCUT2D eigenvalue weighted by molar-refractivity contribution is 7.91. The number of carbonyl (C=O) groups is 2. The van der Waals surface area contributed by atoms with Crippen molar-refractivity contribution in [1.82, 2.24) is 0 Å². The van der Waals surface area contributed by atoms with Crippen molar-refractivity contribution in [1.29, 1.82) is 0 Å². The first kappa shape index (κ1) is 14.1. The van der Waals surface area contributed by atoms with Gasteiger partial charge >= 0.3 is 11.9 Å². The van der Waals surface area contributed by atoms with E-state index in [0.717, 1.165) is 6.07 Å². The standard InChI is InChI=1S/C14H8N2O5S/c17-13-11-8-10(6-7-12(11)15-14(18)16(13)19)22(20,21)9-4-2-1-3-5-9/h1-8H/p+1. The third-order valence-electron chi connectivity index (χ3n) is 3.20. The van der Waals surface area contributed by atoms with E-state index in [1.165, 1.54) is 24.3 Å². The Morgan fingerprint density at radius 2 is 1.59 bits per heavy atom. The molecular weight excluding hydrogens is 308 g/mol. The number of benzene rings is 2. The summed E-state index contributed by atoms with van der Waals surface area (Å²) in [7, 11) is -3.81. The molecule has 1 aliphatic heterocycles. The molecule has 2 aromatic rings. The van der Waals surface area contributed by atoms with Gasteiger partial charge in [0.2, 0.25) is 9.84 Å². The molecule has 0 atom stereocenters. The maximum Gasteiger partial charge on any atom is 0.543 e. The monoisotopic (exact) mass is 317 g/mol. The smallest absolute Gasteiger partial charge is 0.236 e. The van der Waals surface area contributed by atoms with Crippen molar-refractivity contribution >= 4 is 27.5 Å². The molecule has 1 N–H and O–H groups in total. The Morgan fingerprint density at radius 1 is 0.909 bits per heavy atom. The second-order valence-corrected chi connectivity index (χ2v) is 6.50. The van der Waals surface area contributed by atoms with Crippen LogP contribution in [0.15, 0.2) is 58.3 Å². The van der Waals surface area contributed by atoms with Gasteiger partial charge in [-0.1, -0.05) is 23.1 Å². The molecule has 3 rings (SSSR count). The summed E-state index contributed by atoms with van der Waals surface area (Å²) in [5, 5.41) is 2.22. The number of rotatable bonds is 2. The van der Waals surface area contributed by atoms with E-state index in [0.29, 0.717) is 0 Å². The second-order valence-electron chi connectivity index (χ2n) is 4.55. The van der Waals surface area contributed by atoms with Crippen LogP contribution >= 0.6 is 0 Å². The van der Waals surface area contributed by atoms with Gasteiger partial charge in [-0.05, 0) is 30.3 Å². The quantitative estimate of drug-likeness (QED) is 0.854. The molecule has 0 radical (unpaired) electrons. The van der Waals surface area contributed by atoms with E-state index in [-0.39, 0.29) is 25.8 Å². The minimum absolute atomic E-state index is 0.0706. The van der Waals surface area contributed by atoms with Crippen LogP contribution in [0.5, 0.6) is 0 Å². The van der Waals surface area contributed by atoms with Gasteiger partial charge in [0.1, 0.15) is 11.3 Å². The number of hydrogen-bond acceptors (Lipinski definition) is 5. The summed E-state index contributed by atoms with van der Waals surface area (Å²) >= 11 is 0. The van der Waals surface area contributed by atoms with Crippen LogP contribution in [0.3, 0.4) is 0 Å². The predicted molar refractivity (Wildman–Crippen MR) is 75.3 cm³/mol. The number of amides is 3. The summed E-state index contributed by atoms with van der Waals surface area (Å²) in [5.41, 5.74) is -0.0549. The maximum absolute atomic E-state index is 12.5. The number of nitrogens with zero attached hydrogens (tertiary/aromatic N) is 1. The molecule has 0 saturated heterocycles. The molecule has 0 fully saturated rings. The van der Waals surface area contributed by atoms with E-state index in [1.54, 1.807) is 18.2 Å². The predicted octanol–water partition coefficient (Wildman–Crippen LogP) is 1.98. The van der Waals surface area contributed by atoms with Crippen LogP contribution in [0.25, 0.3) is 0 Å². The van der Waals surface area contributed by atoms with Gasteiger partial charge in [0, 0.05) is 0 Å². The zero-order valence-electron chi connectivity index (χ0n) is 11.0. The number of imide groups is 1. The highest BCUT2D eigenvalue weighted by Crippen LogP contribution is 2.27. The van der Waals surface area contributed by atoms with Crippen LogP contribution in [0.1, 0.15) is 10.4 Å². The molecule has 0 unspecified atom stereocenters. The van der Waals surface area contributed by atoms with Crippen LogP contribution in [0, 0.1) is 4.91 Å². The molecule has 0 spiro atoms. The minimum Gasteiger partial charge on any atom is -0.236 e. The Morgan fingerprint density at radius 3 is 2.27 bits per heavy atom. The van der Waals surface area contributed by atoms with Crippen LogP contribution in [-0.4, -0.2) is 25.1 Å². The lowest BCUT2D eigenvalue weighted by atomic mass is 10.1. The lowest BCUT2D eigenvalue weighted by molar-refractivity contribution is -0.344. The van der Waals surface area contributed by atoms with E-state index >= 15 is 0 Å². The SMILES string of the molecule is O=C1Nc2ccc(S(=O)(=O)c3ccccc3)cc2C(=O)[N+]1=O. The number of carbonyl (C=O) groups excluding carboxylic acids is 2. The summed E-state index contributed by atoms with van der Waals surface area (Å²) in [6.07, 6.45) is 0. The van der Waals surface area contributed by atoms with Crippen molar-refractivity contribution in [2.45, 2.75) is 9.79 Å². The fourth-order valence-corrected chi connectivity index (χ4v) is 3.39. The number of hydrogen-bond donors (Lipinski definition) is 1. The molecule has 7 nitrogen and oxygen atoms in total. The minimum atomic E-state index is -3.81. The van der Waals surface area contributed by atoms with E-state index in [1.807, 2.05) is 0 Å². The molecule has 0 aromatic heterocycles. The first-order valence-electron chi connectivity index (χ1n) is 6.18. The first-order chi connectivity index (χ1) is 10.4. The Balaban J connectivity index is 2.14. The van der Waals surface area contributed by atoms with E-state index < -0.39 is 21.8 Å². The highest BCUT2D eigenvalue weighted by atomic mass is 32.2. The summed E-state index contributed by atoms with van der Waals surface area (Å²) in [5.74, 6) is -1.09. The van der Waals surface area contributed by atoms with E-state index in [2.05, 4.69) is 5.32 Å². The molecule has 1 heterocycles. The molecular formula is C14H9N2O5S+. The number of urea groups is 1. The normalized spacial score (nSPS) is 14.5. The van der Waals surface area contributed by atoms with Gasteiger partial charge < -0.3 is 0 Å². The van der Waals surface area contributed by atoms with E-state index in [4.69, 9.17) is 0 Å². The van der Waals surface area contributed by atoms with Gasteiger partial charge in [-0.25, -0.2) is 13.2 Å². The summed E-state index contributed by atoms with van der Waals surface area (Å²) < 4.78 is 24.6. The molecule has 110 valence electrons. The largest absolute Gasteiger partial charge is 0.543 e. The number of nitrogens with one attached hydrogen (secondary N) is 1. The van der Waals surface area contributed by atoms with Crippen molar-refractivity contribution < 1.29 is 22.8 Å². The van der Waals surface area contributed by atoms with Gasteiger partial charge in [0.15, 0.2) is 0 Å². The van der Waals surface area contributed by atoms with Crippen LogP contribution in [0.2, 0.25) is 0 Å². The second kappa shape index (κ2) is 4.85. The van der Waals surface area contributed by atoms with Gasteiger partial charge in [0.25, 0.3) is 0 Å². The summed E-state index contributed by atoms with van der Waals surface area (Å²) in [6, 6.07) is 10.2. The molecule has 22 heavy (non-hydrogen) atoms. The molecule has 3 amide bonds. The molecule has 0 bridgehead atoms. The molecule has 1 aliphatic rings. The third-order valence-corrected chi connectivity index (χ3v) is 4.96. The Bertz CT molecular complexity index is 920. The Labute approximate surface area is 125 Å².